The van der Waals surface area contributed by atoms with Crippen molar-refractivity contribution in [3.05, 3.63) is 101 Å². The molecule has 30 heavy (non-hydrogen) atoms. The van der Waals surface area contributed by atoms with Gasteiger partial charge in [-0.3, -0.25) is 5.43 Å². The summed E-state index contributed by atoms with van der Waals surface area (Å²) in [6.07, 6.45) is 0. The minimum Gasteiger partial charge on any atom is -0.261 e. The molecule has 0 unspecified atom stereocenters. The Bertz CT molecular complexity index is 1170. The minimum atomic E-state index is -0.276. The molecule has 0 saturated heterocycles. The van der Waals surface area contributed by atoms with Crippen LogP contribution in [0.5, 0.6) is 0 Å². The molecule has 0 saturated carbocycles. The second kappa shape index (κ2) is 8.97. The molecular formula is C24H18BrFN4. The van der Waals surface area contributed by atoms with Crippen molar-refractivity contribution in [3.63, 3.8) is 0 Å². The smallest absolute Gasteiger partial charge is 0.162 e. The Morgan fingerprint density at radius 1 is 0.867 bits per heavy atom. The lowest BCUT2D eigenvalue weighted by molar-refractivity contribution is 0.628. The first-order valence-electron chi connectivity index (χ1n) is 9.35. The number of hydrogen-bond donors (Lipinski definition) is 1. The van der Waals surface area contributed by atoms with Crippen LogP contribution < -0.4 is 5.43 Å². The zero-order chi connectivity index (χ0) is 20.9. The molecule has 1 N–H and O–H groups in total. The second-order valence-electron chi connectivity index (χ2n) is 6.65. The first-order valence-corrected chi connectivity index (χ1v) is 10.1. The topological polar surface area (TPSA) is 50.2 Å². The van der Waals surface area contributed by atoms with Crippen molar-refractivity contribution < 1.29 is 4.39 Å². The van der Waals surface area contributed by atoms with Crippen LogP contribution in [0.25, 0.3) is 22.6 Å². The van der Waals surface area contributed by atoms with E-state index in [-0.39, 0.29) is 5.82 Å². The van der Waals surface area contributed by atoms with Gasteiger partial charge in [0.1, 0.15) is 5.82 Å². The maximum absolute atomic E-state index is 13.2. The fourth-order valence-electron chi connectivity index (χ4n) is 2.89. The predicted molar refractivity (Wildman–Crippen MR) is 123 cm³/mol. The van der Waals surface area contributed by atoms with E-state index >= 15 is 0 Å². The number of aromatic nitrogens is 2. The molecule has 0 aliphatic heterocycles. The van der Waals surface area contributed by atoms with Crippen molar-refractivity contribution in [1.82, 2.24) is 9.97 Å². The van der Waals surface area contributed by atoms with E-state index in [9.17, 15) is 4.39 Å². The highest BCUT2D eigenvalue weighted by atomic mass is 79.9. The zero-order valence-corrected chi connectivity index (χ0v) is 17.8. The largest absolute Gasteiger partial charge is 0.261 e. The molecule has 0 amide bonds. The molecule has 4 rings (SSSR count). The Labute approximate surface area is 182 Å². The molecule has 1 aromatic heterocycles. The average Bonchev–Trinajstić information content (AvgIpc) is 2.79. The highest BCUT2D eigenvalue weighted by Gasteiger charge is 2.09. The lowest BCUT2D eigenvalue weighted by Crippen LogP contribution is -2.03. The van der Waals surface area contributed by atoms with Crippen molar-refractivity contribution in [2.75, 3.05) is 5.43 Å². The third-order valence-corrected chi connectivity index (χ3v) is 5.03. The lowest BCUT2D eigenvalue weighted by Gasteiger charge is -2.09. The average molecular weight is 461 g/mol. The van der Waals surface area contributed by atoms with Gasteiger partial charge in [0.25, 0.3) is 0 Å². The van der Waals surface area contributed by atoms with Crippen LogP contribution in [0.1, 0.15) is 12.5 Å². The van der Waals surface area contributed by atoms with Crippen LogP contribution in [-0.2, 0) is 0 Å². The Morgan fingerprint density at radius 2 is 1.57 bits per heavy atom. The Hall–Kier alpha value is -3.38. The van der Waals surface area contributed by atoms with Crippen LogP contribution >= 0.6 is 15.9 Å². The third-order valence-electron chi connectivity index (χ3n) is 4.50. The molecule has 1 heterocycles. The SMILES string of the molecule is C/C(=N\Nc1cc(-c2ccccc2)nc(-c2ccc(Br)cc2)n1)c1ccc(F)cc1. The van der Waals surface area contributed by atoms with Gasteiger partial charge >= 0.3 is 0 Å². The van der Waals surface area contributed by atoms with E-state index < -0.39 is 0 Å². The van der Waals surface area contributed by atoms with Gasteiger partial charge in [-0.25, -0.2) is 14.4 Å². The molecule has 0 radical (unpaired) electrons. The normalized spacial score (nSPS) is 11.4. The number of nitrogens with one attached hydrogen (secondary N) is 1. The third kappa shape index (κ3) is 4.78. The molecule has 0 aliphatic rings. The number of halogens is 2. The fraction of sp³-hybridized carbons (Fsp3) is 0.0417. The van der Waals surface area contributed by atoms with Gasteiger partial charge in [-0.1, -0.05) is 70.5 Å². The number of anilines is 1. The highest BCUT2D eigenvalue weighted by Crippen LogP contribution is 2.25. The molecule has 0 bridgehead atoms. The summed E-state index contributed by atoms with van der Waals surface area (Å²) in [6, 6.07) is 25.8. The van der Waals surface area contributed by atoms with Crippen molar-refractivity contribution in [2.45, 2.75) is 6.92 Å². The summed E-state index contributed by atoms with van der Waals surface area (Å²) in [5, 5.41) is 4.42. The van der Waals surface area contributed by atoms with Gasteiger partial charge < -0.3 is 0 Å². The molecule has 148 valence electrons. The van der Waals surface area contributed by atoms with E-state index in [1.807, 2.05) is 67.6 Å². The monoisotopic (exact) mass is 460 g/mol. The molecule has 3 aromatic carbocycles. The Morgan fingerprint density at radius 3 is 2.27 bits per heavy atom. The van der Waals surface area contributed by atoms with Crippen LogP contribution in [0.2, 0.25) is 0 Å². The number of nitrogens with zero attached hydrogens (tertiary/aromatic N) is 3. The van der Waals surface area contributed by atoms with E-state index in [1.165, 1.54) is 12.1 Å². The van der Waals surface area contributed by atoms with Crippen molar-refractivity contribution in [2.24, 2.45) is 5.10 Å². The second-order valence-corrected chi connectivity index (χ2v) is 7.57. The molecule has 4 aromatic rings. The zero-order valence-electron chi connectivity index (χ0n) is 16.2. The first kappa shape index (κ1) is 19.9. The molecule has 4 nitrogen and oxygen atoms in total. The number of hydrazone groups is 1. The van der Waals surface area contributed by atoms with E-state index in [4.69, 9.17) is 4.98 Å². The van der Waals surface area contributed by atoms with E-state index in [1.54, 1.807) is 12.1 Å². The minimum absolute atomic E-state index is 0.276. The standard InChI is InChI=1S/C24H18BrFN4/c1-16(17-9-13-21(26)14-10-17)29-30-23-15-22(18-5-3-2-4-6-18)27-24(28-23)19-7-11-20(25)12-8-19/h2-15H,1H3,(H,27,28,30)/b29-16+. The summed E-state index contributed by atoms with van der Waals surface area (Å²) in [4.78, 5) is 9.38. The summed E-state index contributed by atoms with van der Waals surface area (Å²) in [7, 11) is 0. The summed E-state index contributed by atoms with van der Waals surface area (Å²) >= 11 is 3.46. The van der Waals surface area contributed by atoms with Gasteiger partial charge in [0.2, 0.25) is 0 Å². The summed E-state index contributed by atoms with van der Waals surface area (Å²) in [5.74, 6) is 0.895. The van der Waals surface area contributed by atoms with Gasteiger partial charge in [-0.15, -0.1) is 0 Å². The van der Waals surface area contributed by atoms with Crippen molar-refractivity contribution >= 4 is 27.5 Å². The van der Waals surface area contributed by atoms with Gasteiger partial charge in [-0.2, -0.15) is 5.10 Å². The van der Waals surface area contributed by atoms with E-state index in [2.05, 4.69) is 31.4 Å². The summed E-state index contributed by atoms with van der Waals surface area (Å²) in [6.45, 7) is 1.86. The molecular weight excluding hydrogens is 443 g/mol. The number of hydrogen-bond acceptors (Lipinski definition) is 4. The van der Waals surface area contributed by atoms with Gasteiger partial charge in [0.15, 0.2) is 11.6 Å². The summed E-state index contributed by atoms with van der Waals surface area (Å²) in [5.41, 5.74) is 7.25. The van der Waals surface area contributed by atoms with Crippen molar-refractivity contribution in [1.29, 1.82) is 0 Å². The quantitative estimate of drug-likeness (QED) is 0.271. The molecule has 0 fully saturated rings. The van der Waals surface area contributed by atoms with Crippen LogP contribution in [0, 0.1) is 5.82 Å². The summed E-state index contributed by atoms with van der Waals surface area (Å²) < 4.78 is 14.2. The molecule has 0 spiro atoms. The maximum Gasteiger partial charge on any atom is 0.162 e. The molecule has 0 atom stereocenters. The predicted octanol–water partition coefficient (Wildman–Crippen LogP) is 6.55. The van der Waals surface area contributed by atoms with Crippen molar-refractivity contribution in [3.8, 4) is 22.6 Å². The Kier molecular flexibility index (Phi) is 5.95. The van der Waals surface area contributed by atoms with Gasteiger partial charge in [0, 0.05) is 21.7 Å². The van der Waals surface area contributed by atoms with Crippen LogP contribution in [0.4, 0.5) is 10.2 Å². The maximum atomic E-state index is 13.2. The molecule has 0 aliphatic carbocycles. The van der Waals surface area contributed by atoms with Crippen LogP contribution in [0.3, 0.4) is 0 Å². The van der Waals surface area contributed by atoms with E-state index in [0.717, 1.165) is 32.6 Å². The number of benzene rings is 3. The van der Waals surface area contributed by atoms with Crippen LogP contribution in [-0.4, -0.2) is 15.7 Å². The first-order chi connectivity index (χ1) is 14.6. The van der Waals surface area contributed by atoms with E-state index in [0.29, 0.717) is 11.6 Å². The van der Waals surface area contributed by atoms with Gasteiger partial charge in [0.05, 0.1) is 11.4 Å². The number of rotatable bonds is 5. The fourth-order valence-corrected chi connectivity index (χ4v) is 3.15. The van der Waals surface area contributed by atoms with Crippen LogP contribution in [0.15, 0.2) is 94.5 Å². The van der Waals surface area contributed by atoms with Gasteiger partial charge in [-0.05, 0) is 36.8 Å². The lowest BCUT2D eigenvalue weighted by atomic mass is 10.1. The Balaban J connectivity index is 1.71. The highest BCUT2D eigenvalue weighted by molar-refractivity contribution is 9.10. The molecule has 6 heteroatoms.